The van der Waals surface area contributed by atoms with E-state index in [1.807, 2.05) is 32.9 Å². The Hall–Kier alpha value is -2.91. The van der Waals surface area contributed by atoms with E-state index >= 15 is 0 Å². The molecule has 0 saturated carbocycles. The molecule has 0 aliphatic carbocycles. The van der Waals surface area contributed by atoms with Crippen LogP contribution in [0.15, 0.2) is 47.4 Å². The predicted molar refractivity (Wildman–Crippen MR) is 108 cm³/mol. The van der Waals surface area contributed by atoms with Gasteiger partial charge in [-0.25, -0.2) is 8.42 Å². The SMILES string of the molecule is CCOc1ccc(S(=O)(=O)NCC(=O)OCC(=O)Nc2ccc(C)cc2C)cc1. The third-order valence-corrected chi connectivity index (χ3v) is 5.29. The van der Waals surface area contributed by atoms with E-state index in [1.54, 1.807) is 6.07 Å². The van der Waals surface area contributed by atoms with E-state index in [0.29, 0.717) is 18.0 Å². The van der Waals surface area contributed by atoms with Gasteiger partial charge in [0.25, 0.3) is 5.91 Å². The fourth-order valence-corrected chi connectivity index (χ4v) is 3.43. The highest BCUT2D eigenvalue weighted by Gasteiger charge is 2.17. The quantitative estimate of drug-likeness (QED) is 0.602. The van der Waals surface area contributed by atoms with Crippen molar-refractivity contribution in [2.45, 2.75) is 25.7 Å². The van der Waals surface area contributed by atoms with Crippen molar-refractivity contribution in [1.29, 1.82) is 0 Å². The fourth-order valence-electron chi connectivity index (χ4n) is 2.46. The van der Waals surface area contributed by atoms with Crippen molar-refractivity contribution < 1.29 is 27.5 Å². The van der Waals surface area contributed by atoms with Crippen LogP contribution < -0.4 is 14.8 Å². The lowest BCUT2D eigenvalue weighted by atomic mass is 10.1. The highest BCUT2D eigenvalue weighted by molar-refractivity contribution is 7.89. The Morgan fingerprint density at radius 2 is 1.72 bits per heavy atom. The normalized spacial score (nSPS) is 11.0. The molecule has 1 amide bonds. The number of amides is 1. The minimum Gasteiger partial charge on any atom is -0.494 e. The van der Waals surface area contributed by atoms with Gasteiger partial charge in [-0.2, -0.15) is 4.72 Å². The number of anilines is 1. The number of hydrogen-bond donors (Lipinski definition) is 2. The summed E-state index contributed by atoms with van der Waals surface area (Å²) >= 11 is 0. The number of rotatable bonds is 9. The van der Waals surface area contributed by atoms with Crippen LogP contribution in [0.1, 0.15) is 18.1 Å². The first-order valence-corrected chi connectivity index (χ1v) is 10.4. The molecule has 0 atom stereocenters. The van der Waals surface area contributed by atoms with Crippen LogP contribution in [0.4, 0.5) is 5.69 Å². The van der Waals surface area contributed by atoms with Gasteiger partial charge in [0, 0.05) is 5.69 Å². The molecule has 0 bridgehead atoms. The molecule has 0 radical (unpaired) electrons. The van der Waals surface area contributed by atoms with Crippen molar-refractivity contribution in [3.63, 3.8) is 0 Å². The monoisotopic (exact) mass is 420 g/mol. The summed E-state index contributed by atoms with van der Waals surface area (Å²) < 4.78 is 36.6. The van der Waals surface area contributed by atoms with Crippen molar-refractivity contribution in [2.24, 2.45) is 0 Å². The van der Waals surface area contributed by atoms with Crippen LogP contribution in [0.3, 0.4) is 0 Å². The standard InChI is InChI=1S/C20H24N2O6S/c1-4-27-16-6-8-17(9-7-16)29(25,26)21-12-20(24)28-13-19(23)22-18-10-5-14(2)11-15(18)3/h5-11,21H,4,12-13H2,1-3H3,(H,22,23). The second kappa shape index (κ2) is 10.0. The molecule has 8 nitrogen and oxygen atoms in total. The molecule has 0 aliphatic heterocycles. The maximum atomic E-state index is 12.2. The number of carbonyl (C=O) groups excluding carboxylic acids is 2. The smallest absolute Gasteiger partial charge is 0.321 e. The Bertz CT molecular complexity index is 971. The van der Waals surface area contributed by atoms with Crippen LogP contribution in [-0.2, 0) is 24.3 Å². The summed E-state index contributed by atoms with van der Waals surface area (Å²) in [5.41, 5.74) is 2.56. The highest BCUT2D eigenvalue weighted by Crippen LogP contribution is 2.16. The Balaban J connectivity index is 1.81. The van der Waals surface area contributed by atoms with Gasteiger partial charge in [0.15, 0.2) is 6.61 Å². The number of ether oxygens (including phenoxy) is 2. The Kier molecular flexibility index (Phi) is 7.74. The van der Waals surface area contributed by atoms with Gasteiger partial charge in [0.1, 0.15) is 12.3 Å². The molecule has 0 heterocycles. The molecule has 2 aromatic carbocycles. The number of carbonyl (C=O) groups is 2. The third-order valence-electron chi connectivity index (χ3n) is 3.87. The molecule has 9 heteroatoms. The maximum absolute atomic E-state index is 12.2. The van der Waals surface area contributed by atoms with Crippen LogP contribution in [0.5, 0.6) is 5.75 Å². The molecular formula is C20H24N2O6S. The predicted octanol–water partition coefficient (Wildman–Crippen LogP) is 2.16. The topological polar surface area (TPSA) is 111 Å². The van der Waals surface area contributed by atoms with Crippen LogP contribution in [0, 0.1) is 13.8 Å². The Morgan fingerprint density at radius 3 is 2.34 bits per heavy atom. The molecule has 2 aromatic rings. The Labute approximate surface area is 170 Å². The van der Waals surface area contributed by atoms with Crippen molar-refractivity contribution in [2.75, 3.05) is 25.1 Å². The average molecular weight is 420 g/mol. The molecule has 0 aromatic heterocycles. The molecule has 2 N–H and O–H groups in total. The van der Waals surface area contributed by atoms with Gasteiger partial charge >= 0.3 is 5.97 Å². The van der Waals surface area contributed by atoms with Crippen molar-refractivity contribution in [3.8, 4) is 5.75 Å². The molecule has 0 saturated heterocycles. The van der Waals surface area contributed by atoms with Crippen molar-refractivity contribution in [1.82, 2.24) is 4.72 Å². The first-order chi connectivity index (χ1) is 13.7. The third kappa shape index (κ3) is 6.88. The molecular weight excluding hydrogens is 396 g/mol. The number of benzene rings is 2. The number of hydrogen-bond acceptors (Lipinski definition) is 6. The second-order valence-corrected chi connectivity index (χ2v) is 8.02. The van der Waals surface area contributed by atoms with E-state index in [-0.39, 0.29) is 4.90 Å². The average Bonchev–Trinajstić information content (AvgIpc) is 2.68. The zero-order chi connectivity index (χ0) is 21.4. The number of nitrogens with one attached hydrogen (secondary N) is 2. The summed E-state index contributed by atoms with van der Waals surface area (Å²) in [6.45, 7) is 4.97. The molecule has 0 aliphatic rings. The van der Waals surface area contributed by atoms with Gasteiger partial charge in [-0.1, -0.05) is 17.7 Å². The highest BCUT2D eigenvalue weighted by atomic mass is 32.2. The van der Waals surface area contributed by atoms with E-state index < -0.39 is 35.1 Å². The van der Waals surface area contributed by atoms with Crippen molar-refractivity contribution in [3.05, 3.63) is 53.6 Å². The fraction of sp³-hybridized carbons (Fsp3) is 0.300. The molecule has 0 spiro atoms. The van der Waals surface area contributed by atoms with E-state index in [0.717, 1.165) is 11.1 Å². The van der Waals surface area contributed by atoms with E-state index in [4.69, 9.17) is 9.47 Å². The first kappa shape index (κ1) is 22.4. The lowest BCUT2D eigenvalue weighted by Gasteiger charge is -2.10. The van der Waals surface area contributed by atoms with Gasteiger partial charge in [-0.05, 0) is 56.7 Å². The lowest BCUT2D eigenvalue weighted by molar-refractivity contribution is -0.146. The minimum absolute atomic E-state index is 0.0126. The summed E-state index contributed by atoms with van der Waals surface area (Å²) in [4.78, 5) is 23.7. The van der Waals surface area contributed by atoms with Crippen LogP contribution >= 0.6 is 0 Å². The van der Waals surface area contributed by atoms with E-state index in [9.17, 15) is 18.0 Å². The number of esters is 1. The van der Waals surface area contributed by atoms with E-state index in [1.165, 1.54) is 24.3 Å². The number of aryl methyl sites for hydroxylation is 2. The zero-order valence-corrected chi connectivity index (χ0v) is 17.3. The summed E-state index contributed by atoms with van der Waals surface area (Å²) in [7, 11) is -3.89. The van der Waals surface area contributed by atoms with E-state index in [2.05, 4.69) is 10.0 Å². The molecule has 156 valence electrons. The number of sulfonamides is 1. The largest absolute Gasteiger partial charge is 0.494 e. The van der Waals surface area contributed by atoms with Crippen LogP contribution in [-0.4, -0.2) is 40.1 Å². The van der Waals surface area contributed by atoms with Gasteiger partial charge < -0.3 is 14.8 Å². The summed E-state index contributed by atoms with van der Waals surface area (Å²) in [6, 6.07) is 11.3. The summed E-state index contributed by atoms with van der Waals surface area (Å²) in [5.74, 6) is -0.837. The first-order valence-electron chi connectivity index (χ1n) is 8.96. The summed E-state index contributed by atoms with van der Waals surface area (Å²) in [6.07, 6.45) is 0. The zero-order valence-electron chi connectivity index (χ0n) is 16.5. The van der Waals surface area contributed by atoms with Gasteiger partial charge in [-0.3, -0.25) is 9.59 Å². The van der Waals surface area contributed by atoms with Crippen molar-refractivity contribution >= 4 is 27.6 Å². The second-order valence-electron chi connectivity index (χ2n) is 6.26. The minimum atomic E-state index is -3.89. The lowest BCUT2D eigenvalue weighted by Crippen LogP contribution is -2.32. The maximum Gasteiger partial charge on any atom is 0.321 e. The van der Waals surface area contributed by atoms with Crippen LogP contribution in [0.2, 0.25) is 0 Å². The Morgan fingerprint density at radius 1 is 1.03 bits per heavy atom. The molecule has 0 fully saturated rings. The van der Waals surface area contributed by atoms with Gasteiger partial charge in [0.2, 0.25) is 10.0 Å². The molecule has 0 unspecified atom stereocenters. The van der Waals surface area contributed by atoms with Gasteiger partial charge in [-0.15, -0.1) is 0 Å². The van der Waals surface area contributed by atoms with Gasteiger partial charge in [0.05, 0.1) is 11.5 Å². The summed E-state index contributed by atoms with van der Waals surface area (Å²) in [5, 5.41) is 2.64. The van der Waals surface area contributed by atoms with Crippen LogP contribution in [0.25, 0.3) is 0 Å². The molecule has 2 rings (SSSR count). The molecule has 29 heavy (non-hydrogen) atoms.